The van der Waals surface area contributed by atoms with Crippen molar-refractivity contribution in [2.24, 2.45) is 11.8 Å². The Morgan fingerprint density at radius 2 is 2.10 bits per heavy atom. The van der Waals surface area contributed by atoms with E-state index in [4.69, 9.17) is 16.3 Å². The van der Waals surface area contributed by atoms with Gasteiger partial charge in [0.15, 0.2) is 6.61 Å². The molecule has 0 aromatic heterocycles. The molecule has 0 radical (unpaired) electrons. The maximum absolute atomic E-state index is 12.2. The van der Waals surface area contributed by atoms with Crippen molar-refractivity contribution in [2.75, 3.05) is 32.8 Å². The van der Waals surface area contributed by atoms with Crippen LogP contribution in [0.25, 0.3) is 0 Å². The van der Waals surface area contributed by atoms with Crippen molar-refractivity contribution in [3.8, 4) is 5.75 Å². The Morgan fingerprint density at radius 3 is 2.75 bits per heavy atom. The van der Waals surface area contributed by atoms with Crippen molar-refractivity contribution in [1.82, 2.24) is 10.2 Å². The average Bonchev–Trinajstić information content (AvgIpc) is 3.00. The molecule has 2 heterocycles. The first-order chi connectivity index (χ1) is 9.63. The lowest BCUT2D eigenvalue weighted by molar-refractivity contribution is -0.132. The first-order valence-electron chi connectivity index (χ1n) is 7.01. The van der Waals surface area contributed by atoms with E-state index in [1.54, 1.807) is 12.1 Å². The van der Waals surface area contributed by atoms with Crippen LogP contribution in [0.4, 0.5) is 0 Å². The average molecular weight is 295 g/mol. The molecule has 0 saturated carbocycles. The quantitative estimate of drug-likeness (QED) is 0.923. The highest BCUT2D eigenvalue weighted by atomic mass is 35.5. The highest BCUT2D eigenvalue weighted by molar-refractivity contribution is 6.31. The highest BCUT2D eigenvalue weighted by Gasteiger charge is 2.37. The van der Waals surface area contributed by atoms with Crippen molar-refractivity contribution < 1.29 is 9.53 Å². The molecule has 2 saturated heterocycles. The van der Waals surface area contributed by atoms with Gasteiger partial charge in [-0.15, -0.1) is 0 Å². The molecule has 0 spiro atoms. The van der Waals surface area contributed by atoms with Crippen molar-refractivity contribution in [3.63, 3.8) is 0 Å². The fourth-order valence-electron chi connectivity index (χ4n) is 3.00. The van der Waals surface area contributed by atoms with Crippen molar-refractivity contribution in [1.29, 1.82) is 0 Å². The molecular weight excluding hydrogens is 276 g/mol. The summed E-state index contributed by atoms with van der Waals surface area (Å²) in [5.74, 6) is 2.02. The topological polar surface area (TPSA) is 41.6 Å². The highest BCUT2D eigenvalue weighted by Crippen LogP contribution is 2.26. The predicted octanol–water partition coefficient (Wildman–Crippen LogP) is 1.71. The number of fused-ring (bicyclic) bond motifs is 1. The molecule has 5 heteroatoms. The standard InChI is InChI=1S/C15H19ClN2O2/c1-10-4-13(2-3-14(10)16)20-9-15(19)18-7-11-5-17-6-12(11)8-18/h2-4,11-12,17H,5-9H2,1H3/t11-,12+. The molecule has 1 aromatic carbocycles. The van der Waals surface area contributed by atoms with E-state index in [-0.39, 0.29) is 12.5 Å². The van der Waals surface area contributed by atoms with Crippen molar-refractivity contribution in [2.45, 2.75) is 6.92 Å². The van der Waals surface area contributed by atoms with Crippen LogP contribution in [0.3, 0.4) is 0 Å². The summed E-state index contributed by atoms with van der Waals surface area (Å²) in [6.45, 7) is 5.82. The summed E-state index contributed by atoms with van der Waals surface area (Å²) in [6, 6.07) is 5.45. The maximum atomic E-state index is 12.2. The molecule has 2 fully saturated rings. The van der Waals surface area contributed by atoms with Crippen LogP contribution in [0.2, 0.25) is 5.02 Å². The number of ether oxygens (including phenoxy) is 1. The summed E-state index contributed by atoms with van der Waals surface area (Å²) in [6.07, 6.45) is 0. The van der Waals surface area contributed by atoms with Crippen LogP contribution in [-0.4, -0.2) is 43.6 Å². The van der Waals surface area contributed by atoms with Gasteiger partial charge in [-0.2, -0.15) is 0 Å². The maximum Gasteiger partial charge on any atom is 0.260 e. The number of likely N-dealkylation sites (tertiary alicyclic amines) is 1. The van der Waals surface area contributed by atoms with Crippen LogP contribution in [0.5, 0.6) is 5.75 Å². The number of hydrogen-bond donors (Lipinski definition) is 1. The molecule has 20 heavy (non-hydrogen) atoms. The summed E-state index contributed by atoms with van der Waals surface area (Å²) in [5, 5.41) is 4.08. The number of rotatable bonds is 3. The van der Waals surface area contributed by atoms with Gasteiger partial charge in [0.1, 0.15) is 5.75 Å². The normalized spacial score (nSPS) is 24.8. The molecule has 1 aromatic rings. The largest absolute Gasteiger partial charge is 0.484 e. The Labute approximate surface area is 124 Å². The number of halogens is 1. The Morgan fingerprint density at radius 1 is 1.40 bits per heavy atom. The summed E-state index contributed by atoms with van der Waals surface area (Å²) < 4.78 is 5.57. The van der Waals surface area contributed by atoms with Gasteiger partial charge in [-0.1, -0.05) is 11.6 Å². The van der Waals surface area contributed by atoms with E-state index in [2.05, 4.69) is 5.32 Å². The third-order valence-corrected chi connectivity index (χ3v) is 4.66. The first-order valence-corrected chi connectivity index (χ1v) is 7.38. The van der Waals surface area contributed by atoms with E-state index in [0.717, 1.165) is 31.7 Å². The van der Waals surface area contributed by atoms with Gasteiger partial charge < -0.3 is 15.0 Å². The SMILES string of the molecule is Cc1cc(OCC(=O)N2C[C@H]3CNC[C@H]3C2)ccc1Cl. The Bertz CT molecular complexity index is 509. The third-order valence-electron chi connectivity index (χ3n) is 4.23. The lowest BCUT2D eigenvalue weighted by Crippen LogP contribution is -2.35. The molecule has 3 rings (SSSR count). The molecule has 2 aliphatic heterocycles. The van der Waals surface area contributed by atoms with Gasteiger partial charge in [-0.3, -0.25) is 4.79 Å². The summed E-state index contributed by atoms with van der Waals surface area (Å²) >= 11 is 5.96. The van der Waals surface area contributed by atoms with Crippen LogP contribution < -0.4 is 10.1 Å². The van der Waals surface area contributed by atoms with Gasteiger partial charge in [0.2, 0.25) is 0 Å². The number of nitrogens with one attached hydrogen (secondary N) is 1. The fourth-order valence-corrected chi connectivity index (χ4v) is 3.12. The molecule has 4 nitrogen and oxygen atoms in total. The minimum atomic E-state index is 0.0759. The summed E-state index contributed by atoms with van der Waals surface area (Å²) in [7, 11) is 0. The van der Waals surface area contributed by atoms with Gasteiger partial charge in [-0.25, -0.2) is 0 Å². The number of carbonyl (C=O) groups is 1. The monoisotopic (exact) mass is 294 g/mol. The molecule has 0 bridgehead atoms. The summed E-state index contributed by atoms with van der Waals surface area (Å²) in [5.41, 5.74) is 0.957. The van der Waals surface area contributed by atoms with Crippen LogP contribution in [0, 0.1) is 18.8 Å². The number of nitrogens with zero attached hydrogens (tertiary/aromatic N) is 1. The van der Waals surface area contributed by atoms with E-state index in [1.807, 2.05) is 17.9 Å². The molecule has 108 valence electrons. The van der Waals surface area contributed by atoms with E-state index in [0.29, 0.717) is 22.6 Å². The zero-order valence-electron chi connectivity index (χ0n) is 11.6. The van der Waals surface area contributed by atoms with Gasteiger partial charge >= 0.3 is 0 Å². The zero-order chi connectivity index (χ0) is 14.1. The van der Waals surface area contributed by atoms with Gasteiger partial charge in [-0.05, 0) is 42.5 Å². The van der Waals surface area contributed by atoms with Crippen LogP contribution >= 0.6 is 11.6 Å². The Hall–Kier alpha value is -1.26. The second kappa shape index (κ2) is 5.62. The first kappa shape index (κ1) is 13.7. The smallest absolute Gasteiger partial charge is 0.260 e. The third kappa shape index (κ3) is 2.76. The van der Waals surface area contributed by atoms with Crippen molar-refractivity contribution >= 4 is 17.5 Å². The Kier molecular flexibility index (Phi) is 3.85. The molecule has 0 unspecified atom stereocenters. The fraction of sp³-hybridized carbons (Fsp3) is 0.533. The zero-order valence-corrected chi connectivity index (χ0v) is 12.3. The molecule has 2 aliphatic rings. The van der Waals surface area contributed by atoms with Crippen LogP contribution in [0.15, 0.2) is 18.2 Å². The van der Waals surface area contributed by atoms with E-state index in [1.165, 1.54) is 0 Å². The lowest BCUT2D eigenvalue weighted by atomic mass is 10.0. The van der Waals surface area contributed by atoms with E-state index < -0.39 is 0 Å². The van der Waals surface area contributed by atoms with Crippen LogP contribution in [0.1, 0.15) is 5.56 Å². The second-order valence-electron chi connectivity index (χ2n) is 5.68. The van der Waals surface area contributed by atoms with E-state index >= 15 is 0 Å². The van der Waals surface area contributed by atoms with Crippen LogP contribution in [-0.2, 0) is 4.79 Å². The minimum Gasteiger partial charge on any atom is -0.484 e. The molecule has 1 N–H and O–H groups in total. The molecule has 2 atom stereocenters. The van der Waals surface area contributed by atoms with Gasteiger partial charge in [0.05, 0.1) is 0 Å². The van der Waals surface area contributed by atoms with Crippen molar-refractivity contribution in [3.05, 3.63) is 28.8 Å². The second-order valence-corrected chi connectivity index (χ2v) is 6.08. The summed E-state index contributed by atoms with van der Waals surface area (Å²) in [4.78, 5) is 14.1. The molecular formula is C15H19ClN2O2. The lowest BCUT2D eigenvalue weighted by Gasteiger charge is -2.18. The van der Waals surface area contributed by atoms with Gasteiger partial charge in [0, 0.05) is 31.2 Å². The number of benzene rings is 1. The predicted molar refractivity (Wildman–Crippen MR) is 78.1 cm³/mol. The number of aryl methyl sites for hydroxylation is 1. The number of amides is 1. The number of carbonyl (C=O) groups excluding carboxylic acids is 1. The molecule has 0 aliphatic carbocycles. The minimum absolute atomic E-state index is 0.0759. The Balaban J connectivity index is 1.53. The van der Waals surface area contributed by atoms with E-state index in [9.17, 15) is 4.79 Å². The van der Waals surface area contributed by atoms with Gasteiger partial charge in [0.25, 0.3) is 5.91 Å². The number of hydrogen-bond acceptors (Lipinski definition) is 3. The molecule has 1 amide bonds.